The second-order valence-electron chi connectivity index (χ2n) is 3.94. The predicted molar refractivity (Wildman–Crippen MR) is 69.9 cm³/mol. The highest BCUT2D eigenvalue weighted by molar-refractivity contribution is 7.80. The number of para-hydroxylation sites is 1. The predicted octanol–water partition coefficient (Wildman–Crippen LogP) is 1.19. The molecule has 0 saturated carbocycles. The molecule has 1 saturated heterocycles. The van der Waals surface area contributed by atoms with E-state index in [1.165, 1.54) is 0 Å². The third-order valence-electron chi connectivity index (χ3n) is 2.44. The Morgan fingerprint density at radius 3 is 2.69 bits per heavy atom. The largest absolute Gasteiger partial charge is 0.360 e. The summed E-state index contributed by atoms with van der Waals surface area (Å²) in [4.78, 5) is 0. The Labute approximate surface area is 101 Å². The molecule has 0 spiro atoms. The molecule has 16 heavy (non-hydrogen) atoms. The standard InChI is InChI=1S/C11H16N4S/c1-8-7-10(13-11(16)12-8)15-14-9-5-3-2-4-6-9/h2-6,8,10,14-15H,7H2,1H3,(H2,12,13,16). The lowest BCUT2D eigenvalue weighted by molar-refractivity contribution is 0.402. The molecule has 2 atom stereocenters. The lowest BCUT2D eigenvalue weighted by Crippen LogP contribution is -2.59. The van der Waals surface area contributed by atoms with E-state index in [1.807, 2.05) is 30.3 Å². The highest BCUT2D eigenvalue weighted by Crippen LogP contribution is 2.05. The average Bonchev–Trinajstić information content (AvgIpc) is 2.27. The van der Waals surface area contributed by atoms with Crippen molar-refractivity contribution in [3.05, 3.63) is 30.3 Å². The number of hydrogen-bond acceptors (Lipinski definition) is 3. The lowest BCUT2D eigenvalue weighted by atomic mass is 10.2. The number of anilines is 1. The lowest BCUT2D eigenvalue weighted by Gasteiger charge is -2.31. The Morgan fingerprint density at radius 2 is 2.00 bits per heavy atom. The summed E-state index contributed by atoms with van der Waals surface area (Å²) in [5, 5.41) is 7.02. The first kappa shape index (κ1) is 11.2. The summed E-state index contributed by atoms with van der Waals surface area (Å²) in [5.41, 5.74) is 7.41. The van der Waals surface area contributed by atoms with Gasteiger partial charge in [-0.15, -0.1) is 0 Å². The molecule has 2 unspecified atom stereocenters. The molecule has 0 amide bonds. The highest BCUT2D eigenvalue weighted by atomic mass is 32.1. The molecule has 1 aliphatic rings. The third kappa shape index (κ3) is 3.08. The molecule has 1 heterocycles. The van der Waals surface area contributed by atoms with E-state index in [9.17, 15) is 0 Å². The zero-order chi connectivity index (χ0) is 11.4. The number of hydrazine groups is 1. The molecule has 2 rings (SSSR count). The maximum Gasteiger partial charge on any atom is 0.167 e. The Hall–Kier alpha value is -1.33. The van der Waals surface area contributed by atoms with Gasteiger partial charge in [-0.3, -0.25) is 0 Å². The number of hydrogen-bond donors (Lipinski definition) is 4. The Morgan fingerprint density at radius 1 is 1.25 bits per heavy atom. The molecule has 4 nitrogen and oxygen atoms in total. The van der Waals surface area contributed by atoms with Crippen LogP contribution in [0.2, 0.25) is 0 Å². The van der Waals surface area contributed by atoms with Crippen LogP contribution in [-0.2, 0) is 0 Å². The summed E-state index contributed by atoms with van der Waals surface area (Å²) < 4.78 is 0. The molecule has 0 aromatic heterocycles. The normalized spacial score (nSPS) is 24.4. The van der Waals surface area contributed by atoms with Gasteiger partial charge < -0.3 is 16.1 Å². The van der Waals surface area contributed by atoms with Crippen molar-refractivity contribution in [1.29, 1.82) is 0 Å². The summed E-state index contributed by atoms with van der Waals surface area (Å²) in [7, 11) is 0. The quantitative estimate of drug-likeness (QED) is 0.469. The molecule has 1 aromatic carbocycles. The molecule has 86 valence electrons. The average molecular weight is 236 g/mol. The molecular formula is C11H16N4S. The fraction of sp³-hybridized carbons (Fsp3) is 0.364. The molecule has 0 bridgehead atoms. The molecule has 1 fully saturated rings. The summed E-state index contributed by atoms with van der Waals surface area (Å²) >= 11 is 5.10. The summed E-state index contributed by atoms with van der Waals surface area (Å²) in [6, 6.07) is 10.4. The van der Waals surface area contributed by atoms with Crippen LogP contribution in [0, 0.1) is 0 Å². The molecule has 1 aromatic rings. The van der Waals surface area contributed by atoms with E-state index in [1.54, 1.807) is 0 Å². The number of benzene rings is 1. The number of rotatable bonds is 3. The summed E-state index contributed by atoms with van der Waals surface area (Å²) in [6.07, 6.45) is 1.13. The van der Waals surface area contributed by atoms with Gasteiger partial charge in [-0.05, 0) is 31.3 Å². The first-order chi connectivity index (χ1) is 7.74. The maximum atomic E-state index is 5.10. The van der Waals surface area contributed by atoms with Gasteiger partial charge in [0.2, 0.25) is 0 Å². The van der Waals surface area contributed by atoms with Gasteiger partial charge in [0.05, 0.1) is 6.17 Å². The van der Waals surface area contributed by atoms with Crippen LogP contribution in [-0.4, -0.2) is 17.3 Å². The molecule has 4 N–H and O–H groups in total. The monoisotopic (exact) mass is 236 g/mol. The Balaban J connectivity index is 1.84. The molecule has 1 aliphatic heterocycles. The van der Waals surface area contributed by atoms with Crippen molar-refractivity contribution < 1.29 is 0 Å². The van der Waals surface area contributed by atoms with Gasteiger partial charge in [0.1, 0.15) is 0 Å². The van der Waals surface area contributed by atoms with Crippen LogP contribution < -0.4 is 21.5 Å². The van der Waals surface area contributed by atoms with Crippen molar-refractivity contribution in [1.82, 2.24) is 16.1 Å². The van der Waals surface area contributed by atoms with Gasteiger partial charge in [-0.1, -0.05) is 18.2 Å². The van der Waals surface area contributed by atoms with Gasteiger partial charge in [0.25, 0.3) is 0 Å². The minimum Gasteiger partial charge on any atom is -0.360 e. The summed E-state index contributed by atoms with van der Waals surface area (Å²) in [6.45, 7) is 2.12. The fourth-order valence-corrected chi connectivity index (χ4v) is 2.03. The van der Waals surface area contributed by atoms with Crippen molar-refractivity contribution >= 4 is 23.0 Å². The van der Waals surface area contributed by atoms with Crippen molar-refractivity contribution in [3.63, 3.8) is 0 Å². The van der Waals surface area contributed by atoms with E-state index >= 15 is 0 Å². The Kier molecular flexibility index (Phi) is 3.58. The van der Waals surface area contributed by atoms with Gasteiger partial charge in [0, 0.05) is 18.2 Å². The van der Waals surface area contributed by atoms with Gasteiger partial charge in [-0.25, -0.2) is 5.43 Å². The van der Waals surface area contributed by atoms with Crippen molar-refractivity contribution in [2.75, 3.05) is 5.43 Å². The molecule has 0 aliphatic carbocycles. The van der Waals surface area contributed by atoms with E-state index in [0.717, 1.165) is 12.1 Å². The number of thiocarbonyl (C=S) groups is 1. The van der Waals surface area contributed by atoms with Gasteiger partial charge in [-0.2, -0.15) is 0 Å². The Bertz CT molecular complexity index is 354. The van der Waals surface area contributed by atoms with Crippen LogP contribution >= 0.6 is 12.2 Å². The second-order valence-corrected chi connectivity index (χ2v) is 4.35. The minimum absolute atomic E-state index is 0.156. The number of nitrogens with one attached hydrogen (secondary N) is 4. The zero-order valence-electron chi connectivity index (χ0n) is 9.16. The van der Waals surface area contributed by atoms with Crippen LogP contribution in [0.5, 0.6) is 0 Å². The van der Waals surface area contributed by atoms with Crippen LogP contribution in [0.4, 0.5) is 5.69 Å². The molecular weight excluding hydrogens is 220 g/mol. The van der Waals surface area contributed by atoms with Gasteiger partial charge >= 0.3 is 0 Å². The van der Waals surface area contributed by atoms with E-state index in [4.69, 9.17) is 12.2 Å². The minimum atomic E-state index is 0.156. The first-order valence-corrected chi connectivity index (χ1v) is 5.78. The van der Waals surface area contributed by atoms with Gasteiger partial charge in [0.15, 0.2) is 5.11 Å². The fourth-order valence-electron chi connectivity index (χ4n) is 1.68. The van der Waals surface area contributed by atoms with Crippen LogP contribution in [0.3, 0.4) is 0 Å². The van der Waals surface area contributed by atoms with E-state index in [-0.39, 0.29) is 6.17 Å². The smallest absolute Gasteiger partial charge is 0.167 e. The highest BCUT2D eigenvalue weighted by Gasteiger charge is 2.19. The van der Waals surface area contributed by atoms with Crippen LogP contribution in [0.15, 0.2) is 30.3 Å². The van der Waals surface area contributed by atoms with Crippen molar-refractivity contribution in [3.8, 4) is 0 Å². The van der Waals surface area contributed by atoms with Crippen molar-refractivity contribution in [2.24, 2.45) is 0 Å². The summed E-state index contributed by atoms with van der Waals surface area (Å²) in [5.74, 6) is 0. The SMILES string of the molecule is CC1CC(NNc2ccccc2)NC(=S)N1. The molecule has 0 radical (unpaired) electrons. The maximum absolute atomic E-state index is 5.10. The van der Waals surface area contributed by atoms with Crippen LogP contribution in [0.1, 0.15) is 13.3 Å². The van der Waals surface area contributed by atoms with E-state index in [0.29, 0.717) is 11.2 Å². The van der Waals surface area contributed by atoms with Crippen LogP contribution in [0.25, 0.3) is 0 Å². The van der Waals surface area contributed by atoms with E-state index in [2.05, 4.69) is 28.4 Å². The van der Waals surface area contributed by atoms with Crippen molar-refractivity contribution in [2.45, 2.75) is 25.6 Å². The van der Waals surface area contributed by atoms with E-state index < -0.39 is 0 Å². The first-order valence-electron chi connectivity index (χ1n) is 5.37. The third-order valence-corrected chi connectivity index (χ3v) is 2.67. The second kappa shape index (κ2) is 5.14. The molecule has 5 heteroatoms. The zero-order valence-corrected chi connectivity index (χ0v) is 9.97. The topological polar surface area (TPSA) is 48.1 Å².